The highest BCUT2D eigenvalue weighted by molar-refractivity contribution is 5.85. The standard InChI is InChI=1S/C19H20N2O3/c20-18(22)15-11-12-21(13-15)19(23)17(14-7-3-1-4-8-14)24-16-9-5-2-6-10-16/h1-10,15,17H,11-13H2,(H2,20,22). The van der Waals surface area contributed by atoms with Crippen molar-refractivity contribution < 1.29 is 14.3 Å². The quantitative estimate of drug-likeness (QED) is 0.916. The molecule has 124 valence electrons. The van der Waals surface area contributed by atoms with E-state index in [0.29, 0.717) is 25.3 Å². The highest BCUT2D eigenvalue weighted by Gasteiger charge is 2.34. The predicted octanol–water partition coefficient (Wildman–Crippen LogP) is 2.14. The van der Waals surface area contributed by atoms with Crippen LogP contribution in [-0.2, 0) is 9.59 Å². The van der Waals surface area contributed by atoms with Crippen molar-refractivity contribution in [2.24, 2.45) is 11.7 Å². The van der Waals surface area contributed by atoms with Crippen molar-refractivity contribution in [1.82, 2.24) is 4.90 Å². The maximum Gasteiger partial charge on any atom is 0.268 e. The van der Waals surface area contributed by atoms with Gasteiger partial charge in [0.05, 0.1) is 5.92 Å². The van der Waals surface area contributed by atoms with E-state index in [0.717, 1.165) is 5.56 Å². The molecule has 0 radical (unpaired) electrons. The van der Waals surface area contributed by atoms with Crippen molar-refractivity contribution in [3.8, 4) is 5.75 Å². The summed E-state index contributed by atoms with van der Waals surface area (Å²) in [7, 11) is 0. The molecule has 1 fully saturated rings. The molecule has 1 saturated heterocycles. The van der Waals surface area contributed by atoms with Crippen molar-refractivity contribution in [2.75, 3.05) is 13.1 Å². The molecular weight excluding hydrogens is 304 g/mol. The molecule has 5 heteroatoms. The molecular formula is C19H20N2O3. The van der Waals surface area contributed by atoms with Gasteiger partial charge in [0.25, 0.3) is 5.91 Å². The Morgan fingerprint density at radius 3 is 2.25 bits per heavy atom. The van der Waals surface area contributed by atoms with Crippen molar-refractivity contribution in [2.45, 2.75) is 12.5 Å². The van der Waals surface area contributed by atoms with E-state index < -0.39 is 6.10 Å². The number of nitrogens with zero attached hydrogens (tertiary/aromatic N) is 1. The smallest absolute Gasteiger partial charge is 0.268 e. The summed E-state index contributed by atoms with van der Waals surface area (Å²) in [4.78, 5) is 26.0. The van der Waals surface area contributed by atoms with Crippen LogP contribution in [0.15, 0.2) is 60.7 Å². The van der Waals surface area contributed by atoms with Gasteiger partial charge >= 0.3 is 0 Å². The molecule has 1 aliphatic rings. The maximum absolute atomic E-state index is 13.0. The predicted molar refractivity (Wildman–Crippen MR) is 90.1 cm³/mol. The maximum atomic E-state index is 13.0. The SMILES string of the molecule is NC(=O)C1CCN(C(=O)C(Oc2ccccc2)c2ccccc2)C1. The first-order chi connectivity index (χ1) is 11.6. The van der Waals surface area contributed by atoms with Gasteiger partial charge in [0.1, 0.15) is 5.75 Å². The van der Waals surface area contributed by atoms with Gasteiger partial charge in [-0.2, -0.15) is 0 Å². The fourth-order valence-electron chi connectivity index (χ4n) is 2.88. The first-order valence-electron chi connectivity index (χ1n) is 8.00. The highest BCUT2D eigenvalue weighted by Crippen LogP contribution is 2.26. The summed E-state index contributed by atoms with van der Waals surface area (Å²) in [5.41, 5.74) is 6.15. The zero-order valence-corrected chi connectivity index (χ0v) is 13.3. The van der Waals surface area contributed by atoms with Crippen LogP contribution in [0, 0.1) is 5.92 Å². The van der Waals surface area contributed by atoms with Gasteiger partial charge in [-0.15, -0.1) is 0 Å². The summed E-state index contributed by atoms with van der Waals surface area (Å²) < 4.78 is 5.96. The monoisotopic (exact) mass is 324 g/mol. The van der Waals surface area contributed by atoms with E-state index in [1.165, 1.54) is 0 Å². The third-order valence-electron chi connectivity index (χ3n) is 4.23. The fourth-order valence-corrected chi connectivity index (χ4v) is 2.88. The van der Waals surface area contributed by atoms with Crippen LogP contribution in [0.1, 0.15) is 18.1 Å². The zero-order valence-electron chi connectivity index (χ0n) is 13.3. The van der Waals surface area contributed by atoms with Gasteiger partial charge in [-0.1, -0.05) is 48.5 Å². The lowest BCUT2D eigenvalue weighted by Crippen LogP contribution is -2.37. The summed E-state index contributed by atoms with van der Waals surface area (Å²) in [6.45, 7) is 0.879. The second-order valence-electron chi connectivity index (χ2n) is 5.89. The summed E-state index contributed by atoms with van der Waals surface area (Å²) >= 11 is 0. The number of ether oxygens (including phenoxy) is 1. The zero-order chi connectivity index (χ0) is 16.9. The second-order valence-corrected chi connectivity index (χ2v) is 5.89. The van der Waals surface area contributed by atoms with Crippen molar-refractivity contribution in [3.63, 3.8) is 0 Å². The molecule has 2 atom stereocenters. The molecule has 2 aromatic rings. The second kappa shape index (κ2) is 7.17. The highest BCUT2D eigenvalue weighted by atomic mass is 16.5. The number of nitrogens with two attached hydrogens (primary N) is 1. The normalized spacial score (nSPS) is 18.2. The van der Waals surface area contributed by atoms with Crippen LogP contribution in [0.5, 0.6) is 5.75 Å². The van der Waals surface area contributed by atoms with Crippen LogP contribution in [0.2, 0.25) is 0 Å². The molecule has 3 rings (SSSR count). The number of carbonyl (C=O) groups is 2. The van der Waals surface area contributed by atoms with Gasteiger partial charge in [0, 0.05) is 18.7 Å². The number of rotatable bonds is 5. The van der Waals surface area contributed by atoms with Gasteiger partial charge < -0.3 is 15.4 Å². The lowest BCUT2D eigenvalue weighted by atomic mass is 10.1. The molecule has 0 aromatic heterocycles. The molecule has 0 bridgehead atoms. The van der Waals surface area contributed by atoms with Crippen LogP contribution < -0.4 is 10.5 Å². The summed E-state index contributed by atoms with van der Waals surface area (Å²) in [6, 6.07) is 18.6. The van der Waals surface area contributed by atoms with Crippen molar-refractivity contribution >= 4 is 11.8 Å². The average Bonchev–Trinajstić information content (AvgIpc) is 3.11. The van der Waals surface area contributed by atoms with Crippen LogP contribution in [0.25, 0.3) is 0 Å². The molecule has 0 spiro atoms. The Hall–Kier alpha value is -2.82. The molecule has 0 saturated carbocycles. The van der Waals surface area contributed by atoms with Crippen LogP contribution in [0.3, 0.4) is 0 Å². The van der Waals surface area contributed by atoms with Crippen LogP contribution in [0.4, 0.5) is 0 Å². The van der Waals surface area contributed by atoms with Crippen molar-refractivity contribution in [3.05, 3.63) is 66.2 Å². The van der Waals surface area contributed by atoms with Gasteiger partial charge in [-0.3, -0.25) is 9.59 Å². The topological polar surface area (TPSA) is 72.6 Å². The molecule has 5 nitrogen and oxygen atoms in total. The average molecular weight is 324 g/mol. The first kappa shape index (κ1) is 16.1. The Morgan fingerprint density at radius 1 is 1.04 bits per heavy atom. The third kappa shape index (κ3) is 3.56. The van der Waals surface area contributed by atoms with Gasteiger partial charge in [0.15, 0.2) is 0 Å². The van der Waals surface area contributed by atoms with E-state index in [9.17, 15) is 9.59 Å². The summed E-state index contributed by atoms with van der Waals surface area (Å²) in [5, 5.41) is 0. The minimum atomic E-state index is -0.736. The van der Waals surface area contributed by atoms with Gasteiger partial charge in [-0.25, -0.2) is 0 Å². The molecule has 0 aliphatic carbocycles. The molecule has 2 unspecified atom stereocenters. The van der Waals surface area contributed by atoms with Crippen LogP contribution in [-0.4, -0.2) is 29.8 Å². The molecule has 2 aromatic carbocycles. The van der Waals surface area contributed by atoms with E-state index in [-0.39, 0.29) is 17.7 Å². The number of primary amides is 1. The third-order valence-corrected chi connectivity index (χ3v) is 4.23. The molecule has 2 amide bonds. The molecule has 1 aliphatic heterocycles. The lowest BCUT2D eigenvalue weighted by Gasteiger charge is -2.24. The number of amides is 2. The Morgan fingerprint density at radius 2 is 1.67 bits per heavy atom. The summed E-state index contributed by atoms with van der Waals surface area (Å²) in [6.07, 6.45) is -0.131. The number of benzene rings is 2. The minimum absolute atomic E-state index is 0.145. The van der Waals surface area contributed by atoms with Gasteiger partial charge in [0.2, 0.25) is 12.0 Å². The Bertz CT molecular complexity index is 703. The number of hydrogen-bond acceptors (Lipinski definition) is 3. The molecule has 1 heterocycles. The number of likely N-dealkylation sites (tertiary alicyclic amines) is 1. The Labute approximate surface area is 141 Å². The molecule has 24 heavy (non-hydrogen) atoms. The number of carbonyl (C=O) groups excluding carboxylic acids is 2. The minimum Gasteiger partial charge on any atom is -0.476 e. The van der Waals surface area contributed by atoms with Gasteiger partial charge in [-0.05, 0) is 18.6 Å². The fraction of sp³-hybridized carbons (Fsp3) is 0.263. The Balaban J connectivity index is 1.82. The van der Waals surface area contributed by atoms with E-state index in [1.54, 1.807) is 4.90 Å². The van der Waals surface area contributed by atoms with E-state index in [4.69, 9.17) is 10.5 Å². The largest absolute Gasteiger partial charge is 0.476 e. The first-order valence-corrected chi connectivity index (χ1v) is 8.00. The number of hydrogen-bond donors (Lipinski definition) is 1. The van der Waals surface area contributed by atoms with Crippen molar-refractivity contribution in [1.29, 1.82) is 0 Å². The van der Waals surface area contributed by atoms with Crippen LogP contribution >= 0.6 is 0 Å². The van der Waals surface area contributed by atoms with E-state index >= 15 is 0 Å². The Kier molecular flexibility index (Phi) is 4.79. The number of para-hydroxylation sites is 1. The summed E-state index contributed by atoms with van der Waals surface area (Å²) in [5.74, 6) is -0.146. The van der Waals surface area contributed by atoms with E-state index in [1.807, 2.05) is 60.7 Å². The molecule has 2 N–H and O–H groups in total. The lowest BCUT2D eigenvalue weighted by molar-refractivity contribution is -0.138. The van der Waals surface area contributed by atoms with E-state index in [2.05, 4.69) is 0 Å².